The van der Waals surface area contributed by atoms with Crippen LogP contribution in [0, 0.1) is 0 Å². The Morgan fingerprint density at radius 1 is 1.07 bits per heavy atom. The SMILES string of the molecule is O=C1C=C(SC2CCCCC2)C(=O)C=C1N[C@H](Cc1ccccc1)C(=O)O. The first-order chi connectivity index (χ1) is 13.0. The van der Waals surface area contributed by atoms with Crippen LogP contribution in [0.3, 0.4) is 0 Å². The number of aliphatic carboxylic acids is 1. The number of carbonyl (C=O) groups excluding carboxylic acids is 2. The molecule has 2 aliphatic carbocycles. The Labute approximate surface area is 162 Å². The summed E-state index contributed by atoms with van der Waals surface area (Å²) in [4.78, 5) is 36.9. The number of nitrogens with one attached hydrogen (secondary N) is 1. The fourth-order valence-electron chi connectivity index (χ4n) is 3.35. The number of rotatable bonds is 7. The molecule has 1 saturated carbocycles. The van der Waals surface area contributed by atoms with Gasteiger partial charge in [0.05, 0.1) is 10.6 Å². The minimum atomic E-state index is -1.06. The molecule has 0 unspecified atom stereocenters. The predicted octanol–water partition coefficient (Wildman–Crippen LogP) is 3.26. The molecule has 0 aromatic heterocycles. The van der Waals surface area contributed by atoms with Gasteiger partial charge in [-0.05, 0) is 18.4 Å². The molecule has 0 spiro atoms. The molecule has 2 aliphatic rings. The molecule has 0 radical (unpaired) electrons. The summed E-state index contributed by atoms with van der Waals surface area (Å²) in [6.07, 6.45) is 8.51. The molecule has 1 fully saturated rings. The molecular weight excluding hydrogens is 362 g/mol. The molecule has 27 heavy (non-hydrogen) atoms. The van der Waals surface area contributed by atoms with E-state index in [0.29, 0.717) is 10.2 Å². The minimum absolute atomic E-state index is 0.0522. The molecule has 2 N–H and O–H groups in total. The summed E-state index contributed by atoms with van der Waals surface area (Å²) < 4.78 is 0. The molecule has 1 atom stereocenters. The van der Waals surface area contributed by atoms with Gasteiger partial charge in [0.15, 0.2) is 5.78 Å². The number of allylic oxidation sites excluding steroid dienone is 3. The van der Waals surface area contributed by atoms with E-state index in [1.807, 2.05) is 30.3 Å². The lowest BCUT2D eigenvalue weighted by atomic mass is 10.0. The van der Waals surface area contributed by atoms with E-state index < -0.39 is 12.0 Å². The smallest absolute Gasteiger partial charge is 0.326 e. The summed E-state index contributed by atoms with van der Waals surface area (Å²) in [5, 5.41) is 12.6. The summed E-state index contributed by atoms with van der Waals surface area (Å²) >= 11 is 1.49. The lowest BCUT2D eigenvalue weighted by Crippen LogP contribution is -2.40. The van der Waals surface area contributed by atoms with Crippen LogP contribution >= 0.6 is 11.8 Å². The van der Waals surface area contributed by atoms with Gasteiger partial charge in [0, 0.05) is 23.8 Å². The van der Waals surface area contributed by atoms with Gasteiger partial charge in [-0.15, -0.1) is 11.8 Å². The number of carboxylic acids is 1. The van der Waals surface area contributed by atoms with Crippen LogP contribution in [0.2, 0.25) is 0 Å². The lowest BCUT2D eigenvalue weighted by Gasteiger charge is -2.23. The second kappa shape index (κ2) is 9.04. The Bertz CT molecular complexity index is 779. The Morgan fingerprint density at radius 3 is 2.44 bits per heavy atom. The van der Waals surface area contributed by atoms with Gasteiger partial charge in [-0.1, -0.05) is 49.6 Å². The highest BCUT2D eigenvalue weighted by molar-refractivity contribution is 8.04. The maximum atomic E-state index is 12.4. The first kappa shape index (κ1) is 19.4. The largest absolute Gasteiger partial charge is 0.480 e. The van der Waals surface area contributed by atoms with E-state index in [1.54, 1.807) is 0 Å². The number of benzene rings is 1. The van der Waals surface area contributed by atoms with Crippen LogP contribution in [0.1, 0.15) is 37.7 Å². The standard InChI is InChI=1S/C21H23NO4S/c23-18-13-20(27-15-9-5-2-6-10-15)19(24)12-16(18)22-17(21(25)26)11-14-7-3-1-4-8-14/h1,3-4,7-8,12-13,15,17,22H,2,5-6,9-11H2,(H,25,26)/t17-/m1/s1. The Hall–Kier alpha value is -2.34. The fraction of sp³-hybridized carbons (Fsp3) is 0.381. The maximum absolute atomic E-state index is 12.4. The third-order valence-corrected chi connectivity index (χ3v) is 6.18. The van der Waals surface area contributed by atoms with E-state index >= 15 is 0 Å². The van der Waals surface area contributed by atoms with Gasteiger partial charge in [0.25, 0.3) is 0 Å². The third kappa shape index (κ3) is 5.32. The van der Waals surface area contributed by atoms with Crippen molar-refractivity contribution in [1.29, 1.82) is 0 Å². The summed E-state index contributed by atoms with van der Waals surface area (Å²) in [5.74, 6) is -1.63. The molecule has 0 heterocycles. The first-order valence-electron chi connectivity index (χ1n) is 9.25. The van der Waals surface area contributed by atoms with Crippen molar-refractivity contribution in [1.82, 2.24) is 5.32 Å². The molecular formula is C21H23NO4S. The van der Waals surface area contributed by atoms with Gasteiger partial charge in [0.1, 0.15) is 6.04 Å². The zero-order valence-corrected chi connectivity index (χ0v) is 15.8. The Balaban J connectivity index is 1.66. The molecule has 1 aromatic carbocycles. The van der Waals surface area contributed by atoms with Crippen molar-refractivity contribution in [3.05, 3.63) is 58.6 Å². The van der Waals surface area contributed by atoms with Gasteiger partial charge >= 0.3 is 5.97 Å². The average Bonchev–Trinajstić information content (AvgIpc) is 2.66. The highest BCUT2D eigenvalue weighted by Crippen LogP contribution is 2.34. The van der Waals surface area contributed by atoms with E-state index in [0.717, 1.165) is 31.2 Å². The lowest BCUT2D eigenvalue weighted by molar-refractivity contribution is -0.139. The zero-order chi connectivity index (χ0) is 19.2. The predicted molar refractivity (Wildman–Crippen MR) is 105 cm³/mol. The highest BCUT2D eigenvalue weighted by Gasteiger charge is 2.27. The zero-order valence-electron chi connectivity index (χ0n) is 15.0. The molecule has 1 aromatic rings. The average molecular weight is 385 g/mol. The van der Waals surface area contributed by atoms with E-state index in [9.17, 15) is 19.5 Å². The molecule has 0 aliphatic heterocycles. The fourth-order valence-corrected chi connectivity index (χ4v) is 4.62. The maximum Gasteiger partial charge on any atom is 0.326 e. The topological polar surface area (TPSA) is 83.5 Å². The van der Waals surface area contributed by atoms with E-state index in [4.69, 9.17) is 0 Å². The number of thioether (sulfide) groups is 1. The van der Waals surface area contributed by atoms with Gasteiger partial charge < -0.3 is 10.4 Å². The van der Waals surface area contributed by atoms with Crippen molar-refractivity contribution in [2.75, 3.05) is 0 Å². The van der Waals surface area contributed by atoms with Gasteiger partial charge in [-0.2, -0.15) is 0 Å². The summed E-state index contributed by atoms with van der Waals surface area (Å²) in [5.41, 5.74) is 0.896. The summed E-state index contributed by atoms with van der Waals surface area (Å²) in [7, 11) is 0. The van der Waals surface area contributed by atoms with Crippen molar-refractivity contribution in [3.63, 3.8) is 0 Å². The van der Waals surface area contributed by atoms with Gasteiger partial charge in [0.2, 0.25) is 5.78 Å². The second-order valence-corrected chi connectivity index (χ2v) is 8.24. The molecule has 5 nitrogen and oxygen atoms in total. The van der Waals surface area contributed by atoms with E-state index in [1.165, 1.54) is 30.3 Å². The monoisotopic (exact) mass is 385 g/mol. The van der Waals surface area contributed by atoms with Crippen LogP contribution in [-0.2, 0) is 20.8 Å². The number of carboxylic acid groups (broad SMARTS) is 1. The minimum Gasteiger partial charge on any atom is -0.480 e. The number of carbonyl (C=O) groups is 3. The van der Waals surface area contributed by atoms with Crippen molar-refractivity contribution >= 4 is 29.3 Å². The normalized spacial score (nSPS) is 19.3. The Kier molecular flexibility index (Phi) is 6.50. The van der Waals surface area contributed by atoms with Crippen LogP contribution in [0.5, 0.6) is 0 Å². The van der Waals surface area contributed by atoms with Gasteiger partial charge in [-0.25, -0.2) is 4.79 Å². The summed E-state index contributed by atoms with van der Waals surface area (Å²) in [6.45, 7) is 0. The van der Waals surface area contributed by atoms with Crippen LogP contribution in [0.25, 0.3) is 0 Å². The Morgan fingerprint density at radius 2 is 1.78 bits per heavy atom. The van der Waals surface area contributed by atoms with Crippen molar-refractivity contribution in [3.8, 4) is 0 Å². The number of hydrogen-bond donors (Lipinski definition) is 2. The molecule has 142 valence electrons. The second-order valence-electron chi connectivity index (χ2n) is 6.90. The van der Waals surface area contributed by atoms with Crippen LogP contribution in [-0.4, -0.2) is 33.9 Å². The number of hydrogen-bond acceptors (Lipinski definition) is 5. The summed E-state index contributed by atoms with van der Waals surface area (Å²) in [6, 6.07) is 8.21. The quantitative estimate of drug-likeness (QED) is 0.701. The highest BCUT2D eigenvalue weighted by atomic mass is 32.2. The van der Waals surface area contributed by atoms with Crippen molar-refractivity contribution in [2.45, 2.75) is 49.8 Å². The van der Waals surface area contributed by atoms with Crippen LogP contribution < -0.4 is 5.32 Å². The number of ketones is 2. The first-order valence-corrected chi connectivity index (χ1v) is 10.1. The molecule has 0 bridgehead atoms. The van der Waals surface area contributed by atoms with Gasteiger partial charge in [-0.3, -0.25) is 9.59 Å². The molecule has 0 amide bonds. The van der Waals surface area contributed by atoms with E-state index in [2.05, 4.69) is 5.32 Å². The third-order valence-electron chi connectivity index (χ3n) is 4.80. The molecule has 0 saturated heterocycles. The molecule has 6 heteroatoms. The van der Waals surface area contributed by atoms with Crippen molar-refractivity contribution < 1.29 is 19.5 Å². The van der Waals surface area contributed by atoms with Crippen LogP contribution in [0.15, 0.2) is 53.1 Å². The van der Waals surface area contributed by atoms with E-state index in [-0.39, 0.29) is 23.7 Å². The van der Waals surface area contributed by atoms with Crippen molar-refractivity contribution in [2.24, 2.45) is 0 Å². The molecule has 3 rings (SSSR count). The van der Waals surface area contributed by atoms with Crippen LogP contribution in [0.4, 0.5) is 0 Å².